The molecule has 4 nitrogen and oxygen atoms in total. The molecule has 0 unspecified atom stereocenters. The molecule has 0 spiro atoms. The van der Waals surface area contributed by atoms with Gasteiger partial charge in [-0.2, -0.15) is 0 Å². The molecule has 0 aliphatic carbocycles. The topological polar surface area (TPSA) is 47.6 Å². The Hall–Kier alpha value is -1.91. The van der Waals surface area contributed by atoms with Crippen molar-refractivity contribution in [3.63, 3.8) is 0 Å². The number of amides is 1. The van der Waals surface area contributed by atoms with Crippen LogP contribution in [0, 0.1) is 0 Å². The van der Waals surface area contributed by atoms with Gasteiger partial charge in [0.2, 0.25) is 0 Å². The molecule has 0 heterocycles. The summed E-state index contributed by atoms with van der Waals surface area (Å²) in [4.78, 5) is 12.0. The van der Waals surface area contributed by atoms with Crippen LogP contribution in [0.1, 0.15) is 6.92 Å². The fourth-order valence-corrected chi connectivity index (χ4v) is 2.24. The largest absolute Gasteiger partial charge is 0.492 e. The Bertz CT molecular complexity index is 662. The van der Waals surface area contributed by atoms with Crippen LogP contribution in [0.4, 0.5) is 5.69 Å². The van der Waals surface area contributed by atoms with Crippen molar-refractivity contribution in [1.29, 1.82) is 0 Å². The molecule has 22 heavy (non-hydrogen) atoms. The van der Waals surface area contributed by atoms with E-state index in [1.54, 1.807) is 30.3 Å². The van der Waals surface area contributed by atoms with Crippen LogP contribution in [-0.4, -0.2) is 19.1 Å². The van der Waals surface area contributed by atoms with Crippen molar-refractivity contribution in [2.45, 2.75) is 6.92 Å². The van der Waals surface area contributed by atoms with Crippen molar-refractivity contribution in [1.82, 2.24) is 0 Å². The molecule has 2 rings (SSSR count). The number of rotatable bonds is 6. The maximum absolute atomic E-state index is 12.0. The molecular weight excluding hydrogens is 325 g/mol. The second kappa shape index (κ2) is 7.92. The lowest BCUT2D eigenvalue weighted by atomic mass is 10.3. The summed E-state index contributed by atoms with van der Waals surface area (Å²) in [7, 11) is 0. The van der Waals surface area contributed by atoms with E-state index in [-0.39, 0.29) is 12.5 Å². The minimum Gasteiger partial charge on any atom is -0.492 e. The number of carbonyl (C=O) groups excluding carboxylic acids is 1. The van der Waals surface area contributed by atoms with E-state index in [4.69, 9.17) is 32.7 Å². The average Bonchev–Trinajstić information content (AvgIpc) is 2.48. The normalized spacial score (nSPS) is 10.1. The predicted octanol–water partition coefficient (Wildman–Crippen LogP) is 4.41. The lowest BCUT2D eigenvalue weighted by molar-refractivity contribution is -0.118. The third kappa shape index (κ3) is 4.55. The van der Waals surface area contributed by atoms with Gasteiger partial charge < -0.3 is 14.8 Å². The number of hydrogen-bond donors (Lipinski definition) is 1. The highest BCUT2D eigenvalue weighted by Crippen LogP contribution is 2.27. The summed E-state index contributed by atoms with van der Waals surface area (Å²) in [6.45, 7) is 2.23. The first-order valence-electron chi connectivity index (χ1n) is 6.69. The molecule has 0 saturated carbocycles. The van der Waals surface area contributed by atoms with Gasteiger partial charge in [-0.3, -0.25) is 4.79 Å². The molecular formula is C16H15Cl2NO3. The second-order valence-corrected chi connectivity index (χ2v) is 5.18. The second-order valence-electron chi connectivity index (χ2n) is 4.34. The molecule has 0 aliphatic rings. The van der Waals surface area contributed by atoms with Gasteiger partial charge in [-0.25, -0.2) is 0 Å². The van der Waals surface area contributed by atoms with Crippen molar-refractivity contribution in [2.75, 3.05) is 18.5 Å². The van der Waals surface area contributed by atoms with Crippen molar-refractivity contribution in [3.8, 4) is 11.5 Å². The molecule has 0 aliphatic heterocycles. The Morgan fingerprint density at radius 2 is 1.86 bits per heavy atom. The zero-order valence-corrected chi connectivity index (χ0v) is 13.4. The zero-order chi connectivity index (χ0) is 15.9. The highest BCUT2D eigenvalue weighted by molar-refractivity contribution is 6.35. The third-order valence-corrected chi connectivity index (χ3v) is 3.24. The van der Waals surface area contributed by atoms with Gasteiger partial charge in [0.05, 0.1) is 17.3 Å². The lowest BCUT2D eigenvalue weighted by Gasteiger charge is -2.12. The number of carbonyl (C=O) groups is 1. The quantitative estimate of drug-likeness (QED) is 0.847. The summed E-state index contributed by atoms with van der Waals surface area (Å²) in [6.07, 6.45) is 0. The van der Waals surface area contributed by atoms with Gasteiger partial charge in [0.15, 0.2) is 6.61 Å². The first-order chi connectivity index (χ1) is 10.6. The Morgan fingerprint density at radius 1 is 1.09 bits per heavy atom. The molecule has 2 aromatic rings. The van der Waals surface area contributed by atoms with Crippen molar-refractivity contribution < 1.29 is 14.3 Å². The maximum Gasteiger partial charge on any atom is 0.262 e. The summed E-state index contributed by atoms with van der Waals surface area (Å²) in [5, 5.41) is 3.60. The Balaban J connectivity index is 1.96. The van der Waals surface area contributed by atoms with E-state index in [9.17, 15) is 4.79 Å². The Kier molecular flexibility index (Phi) is 5.92. The molecule has 0 atom stereocenters. The number of hydrogen-bond acceptors (Lipinski definition) is 3. The minimum absolute atomic E-state index is 0.165. The highest BCUT2D eigenvalue weighted by atomic mass is 35.5. The summed E-state index contributed by atoms with van der Waals surface area (Å²) in [6, 6.07) is 12.0. The number of halogens is 2. The standard InChI is InChI=1S/C16H15Cl2NO3/c1-2-21-15-6-4-3-5-13(15)19-16(20)10-22-14-8-7-11(17)9-12(14)18/h3-9H,2,10H2,1H3,(H,19,20). The van der Waals surface area contributed by atoms with Crippen LogP contribution < -0.4 is 14.8 Å². The van der Waals surface area contributed by atoms with Gasteiger partial charge in [-0.15, -0.1) is 0 Å². The first-order valence-corrected chi connectivity index (χ1v) is 7.45. The minimum atomic E-state index is -0.307. The first kappa shape index (κ1) is 16.5. The maximum atomic E-state index is 12.0. The van der Waals surface area contributed by atoms with Gasteiger partial charge >= 0.3 is 0 Å². The van der Waals surface area contributed by atoms with E-state index in [1.807, 2.05) is 19.1 Å². The molecule has 6 heteroatoms. The Morgan fingerprint density at radius 3 is 2.59 bits per heavy atom. The van der Waals surface area contributed by atoms with Crippen LogP contribution in [0.25, 0.3) is 0 Å². The van der Waals surface area contributed by atoms with Crippen LogP contribution in [0.3, 0.4) is 0 Å². The van der Waals surface area contributed by atoms with Crippen LogP contribution in [0.5, 0.6) is 11.5 Å². The van der Waals surface area contributed by atoms with Crippen LogP contribution in [0.15, 0.2) is 42.5 Å². The van der Waals surface area contributed by atoms with Gasteiger partial charge in [-0.05, 0) is 37.3 Å². The Labute approximate surface area is 138 Å². The average molecular weight is 340 g/mol. The molecule has 0 aromatic heterocycles. The summed E-state index contributed by atoms with van der Waals surface area (Å²) in [5.74, 6) is 0.709. The van der Waals surface area contributed by atoms with Gasteiger partial charge in [0, 0.05) is 5.02 Å². The van der Waals surface area contributed by atoms with Gasteiger partial charge in [0.25, 0.3) is 5.91 Å². The van der Waals surface area contributed by atoms with Crippen molar-refractivity contribution in [2.24, 2.45) is 0 Å². The number of benzene rings is 2. The summed E-state index contributed by atoms with van der Waals surface area (Å²) < 4.78 is 10.8. The van der Waals surface area contributed by atoms with E-state index in [2.05, 4.69) is 5.32 Å². The van der Waals surface area contributed by atoms with Crippen LogP contribution >= 0.6 is 23.2 Å². The van der Waals surface area contributed by atoms with Crippen LogP contribution in [-0.2, 0) is 4.79 Å². The third-order valence-electron chi connectivity index (χ3n) is 2.71. The fraction of sp³-hybridized carbons (Fsp3) is 0.188. The van der Waals surface area contributed by atoms with E-state index in [0.717, 1.165) is 0 Å². The van der Waals surface area contributed by atoms with E-state index < -0.39 is 0 Å². The summed E-state index contributed by atoms with van der Waals surface area (Å²) in [5.41, 5.74) is 0.597. The van der Waals surface area contributed by atoms with Crippen molar-refractivity contribution >= 4 is 34.8 Å². The molecule has 0 bridgehead atoms. The lowest BCUT2D eigenvalue weighted by Crippen LogP contribution is -2.20. The van der Waals surface area contributed by atoms with Gasteiger partial charge in [0.1, 0.15) is 11.5 Å². The molecule has 0 fully saturated rings. The van der Waals surface area contributed by atoms with Crippen LogP contribution in [0.2, 0.25) is 10.0 Å². The molecule has 1 amide bonds. The van der Waals surface area contributed by atoms with E-state index >= 15 is 0 Å². The molecule has 0 radical (unpaired) electrons. The fourth-order valence-electron chi connectivity index (χ4n) is 1.77. The smallest absolute Gasteiger partial charge is 0.262 e. The highest BCUT2D eigenvalue weighted by Gasteiger charge is 2.09. The number of anilines is 1. The predicted molar refractivity (Wildman–Crippen MR) is 88.2 cm³/mol. The molecule has 116 valence electrons. The molecule has 2 aromatic carbocycles. The molecule has 1 N–H and O–H groups in total. The SMILES string of the molecule is CCOc1ccccc1NC(=O)COc1ccc(Cl)cc1Cl. The molecule has 0 saturated heterocycles. The monoisotopic (exact) mass is 339 g/mol. The van der Waals surface area contributed by atoms with Gasteiger partial charge in [-0.1, -0.05) is 35.3 Å². The zero-order valence-electron chi connectivity index (χ0n) is 11.9. The summed E-state index contributed by atoms with van der Waals surface area (Å²) >= 11 is 11.8. The van der Waals surface area contributed by atoms with Crippen molar-refractivity contribution in [3.05, 3.63) is 52.5 Å². The number of nitrogens with one attached hydrogen (secondary N) is 1. The van der Waals surface area contributed by atoms with E-state index in [1.165, 1.54) is 0 Å². The van der Waals surface area contributed by atoms with E-state index in [0.29, 0.717) is 33.8 Å². The number of ether oxygens (including phenoxy) is 2. The number of para-hydroxylation sites is 2.